The zero-order chi connectivity index (χ0) is 25.1. The maximum Gasteiger partial charge on any atom is 0.262 e. The highest BCUT2D eigenvalue weighted by Gasteiger charge is 2.20. The van der Waals surface area contributed by atoms with Crippen LogP contribution in [0.25, 0.3) is 11.0 Å². The third kappa shape index (κ3) is 4.96. The van der Waals surface area contributed by atoms with Crippen molar-refractivity contribution in [2.75, 3.05) is 36.4 Å². The number of anilines is 2. The smallest absolute Gasteiger partial charge is 0.262 e. The second kappa shape index (κ2) is 10.2. The largest absolute Gasteiger partial charge is 0.354 e. The lowest BCUT2D eigenvalue weighted by atomic mass is 10.1. The number of fused-ring (bicyclic) bond motifs is 1. The first-order valence-corrected chi connectivity index (χ1v) is 12.2. The zero-order valence-corrected chi connectivity index (χ0v) is 20.5. The van der Waals surface area contributed by atoms with E-state index in [1.807, 2.05) is 24.5 Å². The van der Waals surface area contributed by atoms with Crippen LogP contribution in [0.3, 0.4) is 0 Å². The lowest BCUT2D eigenvalue weighted by Gasteiger charge is -2.35. The number of benzene rings is 1. The van der Waals surface area contributed by atoms with Crippen LogP contribution in [0.15, 0.2) is 65.8 Å². The molecule has 4 heterocycles. The molecule has 0 unspecified atom stereocenters. The van der Waals surface area contributed by atoms with Gasteiger partial charge in [-0.1, -0.05) is 30.3 Å². The molecule has 0 spiro atoms. The molecule has 0 radical (unpaired) electrons. The Bertz CT molecular complexity index is 1440. The SMILES string of the molecule is CCn1cc(C(=O)Nc2cc(N3CCN(Cc4ccccc4)CC3)ncn2)c(=O)c2ccc(C)nc21. The van der Waals surface area contributed by atoms with Crippen LogP contribution in [0.1, 0.15) is 28.5 Å². The maximum atomic E-state index is 13.1. The summed E-state index contributed by atoms with van der Waals surface area (Å²) in [6.07, 6.45) is 3.01. The molecule has 0 bridgehead atoms. The molecule has 3 aromatic heterocycles. The van der Waals surface area contributed by atoms with Crippen molar-refractivity contribution in [3.05, 3.63) is 88.1 Å². The first kappa shape index (κ1) is 23.6. The van der Waals surface area contributed by atoms with Gasteiger partial charge in [-0.3, -0.25) is 14.5 Å². The summed E-state index contributed by atoms with van der Waals surface area (Å²) in [5.74, 6) is 0.618. The minimum Gasteiger partial charge on any atom is -0.354 e. The molecule has 36 heavy (non-hydrogen) atoms. The standard InChI is InChI=1S/C27H29N7O2/c1-3-33-17-22(25(35)21-10-9-19(2)30-26(21)33)27(36)31-23-15-24(29-18-28-23)34-13-11-32(12-14-34)16-20-7-5-4-6-8-20/h4-10,15,17-18H,3,11-14,16H2,1-2H3,(H,28,29,31,36). The average Bonchev–Trinajstić information content (AvgIpc) is 2.90. The van der Waals surface area contributed by atoms with E-state index in [2.05, 4.69) is 54.3 Å². The number of aryl methyl sites for hydroxylation is 2. The van der Waals surface area contributed by atoms with Gasteiger partial charge in [0.2, 0.25) is 5.43 Å². The first-order chi connectivity index (χ1) is 17.5. The van der Waals surface area contributed by atoms with Crippen molar-refractivity contribution in [2.45, 2.75) is 26.9 Å². The normalized spacial score (nSPS) is 14.2. The number of aromatic nitrogens is 4. The van der Waals surface area contributed by atoms with Gasteiger partial charge in [0.05, 0.1) is 5.39 Å². The molecule has 0 aliphatic carbocycles. The van der Waals surface area contributed by atoms with E-state index in [-0.39, 0.29) is 11.0 Å². The summed E-state index contributed by atoms with van der Waals surface area (Å²) in [5, 5.41) is 3.21. The van der Waals surface area contributed by atoms with E-state index in [4.69, 9.17) is 0 Å². The maximum absolute atomic E-state index is 13.1. The number of rotatable bonds is 6. The second-order valence-electron chi connectivity index (χ2n) is 8.95. The van der Waals surface area contributed by atoms with Gasteiger partial charge in [-0.05, 0) is 31.5 Å². The van der Waals surface area contributed by atoms with Crippen molar-refractivity contribution in [1.82, 2.24) is 24.4 Å². The minimum absolute atomic E-state index is 0.0599. The van der Waals surface area contributed by atoms with Crippen LogP contribution in [0.2, 0.25) is 0 Å². The van der Waals surface area contributed by atoms with Crippen molar-refractivity contribution < 1.29 is 4.79 Å². The minimum atomic E-state index is -0.498. The fourth-order valence-corrected chi connectivity index (χ4v) is 4.51. The van der Waals surface area contributed by atoms with Gasteiger partial charge in [0.25, 0.3) is 5.91 Å². The van der Waals surface area contributed by atoms with Gasteiger partial charge in [-0.2, -0.15) is 0 Å². The third-order valence-corrected chi connectivity index (χ3v) is 6.49. The summed E-state index contributed by atoms with van der Waals surface area (Å²) in [7, 11) is 0. The number of hydrogen-bond acceptors (Lipinski definition) is 7. The predicted molar refractivity (Wildman–Crippen MR) is 140 cm³/mol. The van der Waals surface area contributed by atoms with Crippen molar-refractivity contribution in [3.63, 3.8) is 0 Å². The Morgan fingerprint density at radius 3 is 2.56 bits per heavy atom. The molecule has 5 rings (SSSR count). The number of carbonyl (C=O) groups is 1. The monoisotopic (exact) mass is 483 g/mol. The molecule has 9 nitrogen and oxygen atoms in total. The molecule has 1 aliphatic rings. The van der Waals surface area contributed by atoms with E-state index in [1.54, 1.807) is 24.4 Å². The van der Waals surface area contributed by atoms with E-state index in [0.29, 0.717) is 23.4 Å². The highest BCUT2D eigenvalue weighted by molar-refractivity contribution is 6.05. The van der Waals surface area contributed by atoms with E-state index in [9.17, 15) is 9.59 Å². The molecule has 184 valence electrons. The molecule has 9 heteroatoms. The number of piperazine rings is 1. The van der Waals surface area contributed by atoms with Crippen LogP contribution in [0, 0.1) is 6.92 Å². The molecule has 0 atom stereocenters. The average molecular weight is 484 g/mol. The van der Waals surface area contributed by atoms with Crippen LogP contribution < -0.4 is 15.6 Å². The highest BCUT2D eigenvalue weighted by Crippen LogP contribution is 2.18. The summed E-state index contributed by atoms with van der Waals surface area (Å²) in [6.45, 7) is 8.83. The van der Waals surface area contributed by atoms with Gasteiger partial charge in [0, 0.05) is 57.2 Å². The molecular weight excluding hydrogens is 454 g/mol. The number of carbonyl (C=O) groups excluding carboxylic acids is 1. The zero-order valence-electron chi connectivity index (χ0n) is 20.5. The van der Waals surface area contributed by atoms with Crippen molar-refractivity contribution in [1.29, 1.82) is 0 Å². The summed E-state index contributed by atoms with van der Waals surface area (Å²) in [5.41, 5.74) is 2.42. The number of nitrogens with zero attached hydrogens (tertiary/aromatic N) is 6. The predicted octanol–water partition coefficient (Wildman–Crippen LogP) is 3.09. The van der Waals surface area contributed by atoms with Crippen molar-refractivity contribution in [2.24, 2.45) is 0 Å². The Balaban J connectivity index is 1.29. The lowest BCUT2D eigenvalue weighted by molar-refractivity contribution is 0.102. The second-order valence-corrected chi connectivity index (χ2v) is 8.95. The molecule has 0 saturated carbocycles. The molecule has 1 amide bonds. The fourth-order valence-electron chi connectivity index (χ4n) is 4.51. The van der Waals surface area contributed by atoms with Crippen LogP contribution in [0.5, 0.6) is 0 Å². The summed E-state index contributed by atoms with van der Waals surface area (Å²) < 4.78 is 1.82. The Morgan fingerprint density at radius 1 is 1.03 bits per heavy atom. The number of hydrogen-bond donors (Lipinski definition) is 1. The fraction of sp³-hybridized carbons (Fsp3) is 0.296. The van der Waals surface area contributed by atoms with E-state index >= 15 is 0 Å². The third-order valence-electron chi connectivity index (χ3n) is 6.49. The first-order valence-electron chi connectivity index (χ1n) is 12.2. The molecule has 1 aliphatic heterocycles. The highest BCUT2D eigenvalue weighted by atomic mass is 16.2. The van der Waals surface area contributed by atoms with Gasteiger partial charge in [0.1, 0.15) is 29.2 Å². The van der Waals surface area contributed by atoms with E-state index < -0.39 is 5.91 Å². The molecule has 1 N–H and O–H groups in total. The van der Waals surface area contributed by atoms with Crippen LogP contribution in [-0.2, 0) is 13.1 Å². The van der Waals surface area contributed by atoms with Crippen molar-refractivity contribution >= 4 is 28.6 Å². The summed E-state index contributed by atoms with van der Waals surface area (Å²) in [4.78, 5) is 43.9. The van der Waals surface area contributed by atoms with Gasteiger partial charge in [-0.25, -0.2) is 15.0 Å². The molecule has 1 aromatic carbocycles. The molecule has 1 saturated heterocycles. The van der Waals surface area contributed by atoms with Crippen LogP contribution in [-0.4, -0.2) is 56.5 Å². The Kier molecular flexibility index (Phi) is 6.73. The Labute approximate surface area is 209 Å². The quantitative estimate of drug-likeness (QED) is 0.450. The van der Waals surface area contributed by atoms with Gasteiger partial charge in [0.15, 0.2) is 0 Å². The Hall–Kier alpha value is -4.11. The van der Waals surface area contributed by atoms with Crippen LogP contribution >= 0.6 is 0 Å². The number of amides is 1. The Morgan fingerprint density at radius 2 is 1.81 bits per heavy atom. The van der Waals surface area contributed by atoms with Gasteiger partial charge < -0.3 is 14.8 Å². The van der Waals surface area contributed by atoms with E-state index in [0.717, 1.165) is 44.2 Å². The van der Waals surface area contributed by atoms with E-state index in [1.165, 1.54) is 11.9 Å². The number of pyridine rings is 2. The van der Waals surface area contributed by atoms with Gasteiger partial charge in [-0.15, -0.1) is 0 Å². The van der Waals surface area contributed by atoms with Crippen molar-refractivity contribution in [3.8, 4) is 0 Å². The lowest BCUT2D eigenvalue weighted by Crippen LogP contribution is -2.46. The van der Waals surface area contributed by atoms with Gasteiger partial charge >= 0.3 is 0 Å². The topological polar surface area (TPSA) is 96.3 Å². The molecule has 1 fully saturated rings. The molecular formula is C27H29N7O2. The number of nitrogens with one attached hydrogen (secondary N) is 1. The van der Waals surface area contributed by atoms with Crippen LogP contribution in [0.4, 0.5) is 11.6 Å². The summed E-state index contributed by atoms with van der Waals surface area (Å²) in [6, 6.07) is 15.7. The molecule has 4 aromatic rings. The summed E-state index contributed by atoms with van der Waals surface area (Å²) >= 11 is 0.